The third-order valence-corrected chi connectivity index (χ3v) is 4.33. The van der Waals surface area contributed by atoms with Gasteiger partial charge in [-0.2, -0.15) is 0 Å². The molecule has 0 saturated heterocycles. The van der Waals surface area contributed by atoms with Gasteiger partial charge in [0.1, 0.15) is 29.0 Å². The van der Waals surface area contributed by atoms with Gasteiger partial charge in [-0.25, -0.2) is 18.6 Å². The zero-order chi connectivity index (χ0) is 17.7. The second kappa shape index (κ2) is 5.59. The van der Waals surface area contributed by atoms with Crippen LogP contribution in [0, 0.1) is 11.6 Å². The van der Waals surface area contributed by atoms with Crippen LogP contribution in [0.15, 0.2) is 47.3 Å². The van der Waals surface area contributed by atoms with Gasteiger partial charge < -0.3 is 5.11 Å². The van der Waals surface area contributed by atoms with Gasteiger partial charge in [0.15, 0.2) is 0 Å². The molecule has 5 nitrogen and oxygen atoms in total. The standard InChI is InChI=1S/C17H8BrF2N3O2/c18-8-5-9(17(24)25)15-13(6-8)23(7-22-15)12-3-4-21-16-11(20)2-1-10(19)14(12)16/h1-7H,(H,24,25). The molecule has 0 bridgehead atoms. The van der Waals surface area contributed by atoms with E-state index in [0.29, 0.717) is 15.7 Å². The van der Waals surface area contributed by atoms with Gasteiger partial charge in [-0.1, -0.05) is 15.9 Å². The van der Waals surface area contributed by atoms with Gasteiger partial charge in [-0.3, -0.25) is 9.55 Å². The smallest absolute Gasteiger partial charge is 0.338 e. The highest BCUT2D eigenvalue weighted by Gasteiger charge is 2.18. The van der Waals surface area contributed by atoms with Gasteiger partial charge in [0.05, 0.1) is 22.2 Å². The number of halogens is 3. The Kier molecular flexibility index (Phi) is 3.50. The highest BCUT2D eigenvalue weighted by atomic mass is 79.9. The molecule has 124 valence electrons. The Hall–Kier alpha value is -2.87. The number of rotatable bonds is 2. The summed E-state index contributed by atoms with van der Waals surface area (Å²) in [6.45, 7) is 0. The van der Waals surface area contributed by atoms with E-state index in [1.54, 1.807) is 6.07 Å². The van der Waals surface area contributed by atoms with E-state index in [0.717, 1.165) is 12.1 Å². The van der Waals surface area contributed by atoms with Crippen LogP contribution in [0.2, 0.25) is 0 Å². The van der Waals surface area contributed by atoms with Crippen molar-refractivity contribution in [3.8, 4) is 5.69 Å². The molecule has 1 N–H and O–H groups in total. The summed E-state index contributed by atoms with van der Waals surface area (Å²) in [5.74, 6) is -2.40. The summed E-state index contributed by atoms with van der Waals surface area (Å²) in [6, 6.07) is 6.67. The predicted molar refractivity (Wildman–Crippen MR) is 90.9 cm³/mol. The topological polar surface area (TPSA) is 68.0 Å². The highest BCUT2D eigenvalue weighted by Crippen LogP contribution is 2.30. The van der Waals surface area contributed by atoms with Crippen molar-refractivity contribution in [2.75, 3.05) is 0 Å². The van der Waals surface area contributed by atoms with Crippen molar-refractivity contribution in [1.29, 1.82) is 0 Å². The van der Waals surface area contributed by atoms with Crippen molar-refractivity contribution >= 4 is 43.8 Å². The second-order valence-electron chi connectivity index (χ2n) is 5.32. The number of hydrogen-bond donors (Lipinski definition) is 1. The Bertz CT molecular complexity index is 1170. The van der Waals surface area contributed by atoms with Crippen molar-refractivity contribution in [2.45, 2.75) is 0 Å². The molecule has 4 aromatic rings. The van der Waals surface area contributed by atoms with Gasteiger partial charge >= 0.3 is 5.97 Å². The number of aromatic nitrogens is 3. The molecule has 25 heavy (non-hydrogen) atoms. The fourth-order valence-electron chi connectivity index (χ4n) is 2.81. The molecule has 2 aromatic carbocycles. The van der Waals surface area contributed by atoms with Crippen LogP contribution in [0.25, 0.3) is 27.6 Å². The van der Waals surface area contributed by atoms with E-state index >= 15 is 0 Å². The molecule has 2 heterocycles. The van der Waals surface area contributed by atoms with Crippen LogP contribution in [0.5, 0.6) is 0 Å². The Morgan fingerprint density at radius 3 is 2.60 bits per heavy atom. The minimum Gasteiger partial charge on any atom is -0.478 e. The lowest BCUT2D eigenvalue weighted by atomic mass is 10.1. The fourth-order valence-corrected chi connectivity index (χ4v) is 3.26. The Morgan fingerprint density at radius 2 is 1.84 bits per heavy atom. The number of aromatic carboxylic acids is 1. The maximum atomic E-state index is 14.4. The highest BCUT2D eigenvalue weighted by molar-refractivity contribution is 9.10. The molecule has 8 heteroatoms. The van der Waals surface area contributed by atoms with Gasteiger partial charge in [0.2, 0.25) is 0 Å². The Morgan fingerprint density at radius 1 is 1.08 bits per heavy atom. The monoisotopic (exact) mass is 403 g/mol. The van der Waals surface area contributed by atoms with Gasteiger partial charge in [-0.05, 0) is 30.3 Å². The molecule has 2 aromatic heterocycles. The quantitative estimate of drug-likeness (QED) is 0.541. The predicted octanol–water partition coefficient (Wildman–Crippen LogP) is 4.31. The number of carboxylic acids is 1. The largest absolute Gasteiger partial charge is 0.478 e. The lowest BCUT2D eigenvalue weighted by molar-refractivity contribution is 0.0698. The first-order valence-corrected chi connectivity index (χ1v) is 7.89. The first kappa shape index (κ1) is 15.6. The Labute approximate surface area is 147 Å². The minimum absolute atomic E-state index is 0.00125. The van der Waals surface area contributed by atoms with Crippen LogP contribution >= 0.6 is 15.9 Å². The van der Waals surface area contributed by atoms with Crippen molar-refractivity contribution in [2.24, 2.45) is 0 Å². The van der Waals surface area contributed by atoms with E-state index in [1.807, 2.05) is 0 Å². The number of benzene rings is 2. The molecule has 0 fully saturated rings. The number of hydrogen-bond acceptors (Lipinski definition) is 3. The zero-order valence-electron chi connectivity index (χ0n) is 12.4. The van der Waals surface area contributed by atoms with E-state index in [-0.39, 0.29) is 22.0 Å². The number of nitrogens with zero attached hydrogens (tertiary/aromatic N) is 3. The van der Waals surface area contributed by atoms with E-state index < -0.39 is 17.6 Å². The molecule has 0 saturated carbocycles. The van der Waals surface area contributed by atoms with Crippen LogP contribution in [0.4, 0.5) is 8.78 Å². The summed E-state index contributed by atoms with van der Waals surface area (Å²) >= 11 is 3.27. The summed E-state index contributed by atoms with van der Waals surface area (Å²) in [5.41, 5.74) is 0.917. The van der Waals surface area contributed by atoms with Crippen molar-refractivity contribution in [3.63, 3.8) is 0 Å². The van der Waals surface area contributed by atoms with E-state index in [4.69, 9.17) is 0 Å². The lowest BCUT2D eigenvalue weighted by Crippen LogP contribution is -2.00. The van der Waals surface area contributed by atoms with Crippen molar-refractivity contribution in [3.05, 3.63) is 64.5 Å². The number of carboxylic acid groups (broad SMARTS) is 1. The number of pyridine rings is 1. The maximum Gasteiger partial charge on any atom is 0.338 e. The summed E-state index contributed by atoms with van der Waals surface area (Å²) in [5, 5.41) is 9.35. The summed E-state index contributed by atoms with van der Waals surface area (Å²) in [6.07, 6.45) is 2.74. The van der Waals surface area contributed by atoms with Crippen LogP contribution < -0.4 is 0 Å². The number of fused-ring (bicyclic) bond motifs is 2. The minimum atomic E-state index is -1.13. The molecule has 0 spiro atoms. The van der Waals surface area contributed by atoms with E-state index in [2.05, 4.69) is 25.9 Å². The molecular formula is C17H8BrF2N3O2. The molecule has 0 amide bonds. The molecular weight excluding hydrogens is 396 g/mol. The SMILES string of the molecule is O=C(O)c1cc(Br)cc2c1ncn2-c1ccnc2c(F)ccc(F)c12. The van der Waals surface area contributed by atoms with Gasteiger partial charge in [0, 0.05) is 10.7 Å². The zero-order valence-corrected chi connectivity index (χ0v) is 14.0. The molecule has 0 aliphatic carbocycles. The van der Waals surface area contributed by atoms with Crippen LogP contribution in [0.1, 0.15) is 10.4 Å². The first-order chi connectivity index (χ1) is 12.0. The average molecular weight is 404 g/mol. The molecule has 0 aliphatic heterocycles. The molecule has 4 rings (SSSR count). The first-order valence-electron chi connectivity index (χ1n) is 7.10. The van der Waals surface area contributed by atoms with Crippen LogP contribution in [-0.2, 0) is 0 Å². The molecule has 0 atom stereocenters. The molecule has 0 radical (unpaired) electrons. The van der Waals surface area contributed by atoms with E-state index in [1.165, 1.54) is 29.2 Å². The average Bonchev–Trinajstić information content (AvgIpc) is 3.00. The maximum absolute atomic E-state index is 14.4. The normalized spacial score (nSPS) is 11.3. The molecule has 0 unspecified atom stereocenters. The molecule has 0 aliphatic rings. The second-order valence-corrected chi connectivity index (χ2v) is 6.24. The number of imidazole rings is 1. The van der Waals surface area contributed by atoms with Crippen molar-refractivity contribution in [1.82, 2.24) is 14.5 Å². The third kappa shape index (κ3) is 2.37. The van der Waals surface area contributed by atoms with Gasteiger partial charge in [0.25, 0.3) is 0 Å². The Balaban J connectivity index is 2.12. The van der Waals surface area contributed by atoms with Crippen molar-refractivity contribution < 1.29 is 18.7 Å². The summed E-state index contributed by atoms with van der Waals surface area (Å²) in [4.78, 5) is 19.5. The third-order valence-electron chi connectivity index (χ3n) is 3.88. The van der Waals surface area contributed by atoms with Crippen LogP contribution in [0.3, 0.4) is 0 Å². The number of carbonyl (C=O) groups is 1. The van der Waals surface area contributed by atoms with Crippen LogP contribution in [-0.4, -0.2) is 25.6 Å². The fraction of sp³-hybridized carbons (Fsp3) is 0. The lowest BCUT2D eigenvalue weighted by Gasteiger charge is -2.10. The summed E-state index contributed by atoms with van der Waals surface area (Å²) < 4.78 is 30.4. The van der Waals surface area contributed by atoms with Gasteiger partial charge in [-0.15, -0.1) is 0 Å². The summed E-state index contributed by atoms with van der Waals surface area (Å²) in [7, 11) is 0. The van der Waals surface area contributed by atoms with E-state index in [9.17, 15) is 18.7 Å².